The van der Waals surface area contributed by atoms with Crippen LogP contribution in [0.25, 0.3) is 0 Å². The number of nitrogens with one attached hydrogen (secondary N) is 1. The van der Waals surface area contributed by atoms with Crippen molar-refractivity contribution in [3.63, 3.8) is 0 Å². The molecule has 14 heavy (non-hydrogen) atoms. The van der Waals surface area contributed by atoms with Crippen LogP contribution in [0, 0.1) is 3.57 Å². The first-order chi connectivity index (χ1) is 6.72. The molecule has 1 aromatic carbocycles. The zero-order chi connectivity index (χ0) is 10.4. The Kier molecular flexibility index (Phi) is 4.93. The maximum atomic E-state index is 10.9. The molecule has 0 aliphatic heterocycles. The van der Waals surface area contributed by atoms with E-state index in [2.05, 4.69) is 52.2 Å². The summed E-state index contributed by atoms with van der Waals surface area (Å²) in [7, 11) is 1.67. The van der Waals surface area contributed by atoms with Crippen LogP contribution in [-0.4, -0.2) is 13.0 Å². The minimum Gasteiger partial charge on any atom is -0.359 e. The quantitative estimate of drug-likeness (QED) is 0.850. The summed E-state index contributed by atoms with van der Waals surface area (Å²) >= 11 is 2.29. The Morgan fingerprint density at radius 1 is 1.36 bits per heavy atom. The number of halogens is 1. The molecule has 0 aromatic heterocycles. The van der Waals surface area contributed by atoms with E-state index >= 15 is 0 Å². The van der Waals surface area contributed by atoms with Gasteiger partial charge in [0.05, 0.1) is 0 Å². The van der Waals surface area contributed by atoms with Gasteiger partial charge in [0.2, 0.25) is 5.91 Å². The first kappa shape index (κ1) is 11.5. The van der Waals surface area contributed by atoms with Gasteiger partial charge in [0.15, 0.2) is 0 Å². The molecule has 0 fully saturated rings. The Morgan fingerprint density at radius 2 is 2.00 bits per heavy atom. The van der Waals surface area contributed by atoms with Crippen molar-refractivity contribution in [2.75, 3.05) is 7.05 Å². The van der Waals surface area contributed by atoms with Gasteiger partial charge in [-0.15, -0.1) is 0 Å². The lowest BCUT2D eigenvalue weighted by molar-refractivity contribution is -0.120. The van der Waals surface area contributed by atoms with Crippen LogP contribution >= 0.6 is 22.6 Å². The van der Waals surface area contributed by atoms with Gasteiger partial charge in [0, 0.05) is 17.0 Å². The van der Waals surface area contributed by atoms with Crippen LogP contribution in [0.4, 0.5) is 0 Å². The Bertz CT molecular complexity index is 295. The van der Waals surface area contributed by atoms with Crippen molar-refractivity contribution in [3.8, 4) is 0 Å². The van der Waals surface area contributed by atoms with E-state index in [1.165, 1.54) is 9.13 Å². The van der Waals surface area contributed by atoms with Crippen LogP contribution in [0.2, 0.25) is 0 Å². The molecular formula is C11H14INO. The van der Waals surface area contributed by atoms with E-state index in [-0.39, 0.29) is 5.91 Å². The van der Waals surface area contributed by atoms with Crippen LogP contribution in [-0.2, 0) is 11.2 Å². The van der Waals surface area contributed by atoms with E-state index in [4.69, 9.17) is 0 Å². The lowest BCUT2D eigenvalue weighted by Gasteiger charge is -2.01. The van der Waals surface area contributed by atoms with Crippen molar-refractivity contribution in [2.45, 2.75) is 19.3 Å². The third-order valence-corrected chi connectivity index (χ3v) is 2.78. The number of carbonyl (C=O) groups excluding carboxylic acids is 1. The molecule has 0 aliphatic carbocycles. The fourth-order valence-corrected chi connectivity index (χ4v) is 1.59. The summed E-state index contributed by atoms with van der Waals surface area (Å²) in [6.45, 7) is 0. The maximum absolute atomic E-state index is 10.9. The number of aryl methyl sites for hydroxylation is 1. The molecule has 0 spiro atoms. The Balaban J connectivity index is 2.31. The number of amides is 1. The van der Waals surface area contributed by atoms with Crippen molar-refractivity contribution in [3.05, 3.63) is 33.4 Å². The minimum absolute atomic E-state index is 0.121. The van der Waals surface area contributed by atoms with Gasteiger partial charge in [-0.1, -0.05) is 12.1 Å². The van der Waals surface area contributed by atoms with E-state index in [0.29, 0.717) is 6.42 Å². The van der Waals surface area contributed by atoms with Crippen LogP contribution in [0.15, 0.2) is 24.3 Å². The predicted octanol–water partition coefficient (Wildman–Crippen LogP) is 2.36. The number of hydrogen-bond acceptors (Lipinski definition) is 1. The zero-order valence-corrected chi connectivity index (χ0v) is 10.4. The van der Waals surface area contributed by atoms with Crippen LogP contribution < -0.4 is 5.32 Å². The molecule has 1 aromatic rings. The third-order valence-electron chi connectivity index (χ3n) is 2.06. The van der Waals surface area contributed by atoms with E-state index in [1.807, 2.05) is 0 Å². The molecule has 0 saturated carbocycles. The molecule has 0 atom stereocenters. The molecule has 0 unspecified atom stereocenters. The first-order valence-electron chi connectivity index (χ1n) is 4.67. The van der Waals surface area contributed by atoms with Crippen LogP contribution in [0.1, 0.15) is 18.4 Å². The lowest BCUT2D eigenvalue weighted by Crippen LogP contribution is -2.17. The van der Waals surface area contributed by atoms with Gasteiger partial charge in [0.1, 0.15) is 0 Å². The predicted molar refractivity (Wildman–Crippen MR) is 66.2 cm³/mol. The zero-order valence-electron chi connectivity index (χ0n) is 8.22. The van der Waals surface area contributed by atoms with E-state index in [1.54, 1.807) is 7.05 Å². The topological polar surface area (TPSA) is 29.1 Å². The molecule has 1 N–H and O–H groups in total. The smallest absolute Gasteiger partial charge is 0.219 e. The third kappa shape index (κ3) is 4.09. The summed E-state index contributed by atoms with van der Waals surface area (Å²) in [5.74, 6) is 0.121. The van der Waals surface area contributed by atoms with Gasteiger partial charge in [-0.05, 0) is 53.1 Å². The Morgan fingerprint density at radius 3 is 2.57 bits per heavy atom. The molecule has 0 bridgehead atoms. The minimum atomic E-state index is 0.121. The van der Waals surface area contributed by atoms with Crippen molar-refractivity contribution in [1.29, 1.82) is 0 Å². The standard InChI is InChI=1S/C11H14INO/c1-13-11(14)4-2-3-9-5-7-10(12)8-6-9/h5-8H,2-4H2,1H3,(H,13,14). The van der Waals surface area contributed by atoms with Gasteiger partial charge >= 0.3 is 0 Å². The largest absolute Gasteiger partial charge is 0.359 e. The second kappa shape index (κ2) is 6.01. The number of hydrogen-bond donors (Lipinski definition) is 1. The van der Waals surface area contributed by atoms with E-state index in [0.717, 1.165) is 12.8 Å². The fourth-order valence-electron chi connectivity index (χ4n) is 1.23. The molecule has 0 aliphatic rings. The monoisotopic (exact) mass is 303 g/mol. The van der Waals surface area contributed by atoms with Crippen molar-refractivity contribution in [2.24, 2.45) is 0 Å². The van der Waals surface area contributed by atoms with E-state index in [9.17, 15) is 4.79 Å². The average molecular weight is 303 g/mol. The Labute approximate surface area is 98.2 Å². The summed E-state index contributed by atoms with van der Waals surface area (Å²) in [6, 6.07) is 8.42. The summed E-state index contributed by atoms with van der Waals surface area (Å²) in [4.78, 5) is 10.9. The lowest BCUT2D eigenvalue weighted by atomic mass is 10.1. The molecule has 0 saturated heterocycles. The number of rotatable bonds is 4. The van der Waals surface area contributed by atoms with Crippen molar-refractivity contribution >= 4 is 28.5 Å². The van der Waals surface area contributed by atoms with Crippen LogP contribution in [0.5, 0.6) is 0 Å². The molecule has 1 rings (SSSR count). The second-order valence-corrected chi connectivity index (χ2v) is 4.40. The van der Waals surface area contributed by atoms with Gasteiger partial charge in [0.25, 0.3) is 0 Å². The Hall–Kier alpha value is -0.580. The molecular weight excluding hydrogens is 289 g/mol. The molecule has 2 nitrogen and oxygen atoms in total. The molecule has 0 heterocycles. The van der Waals surface area contributed by atoms with Crippen molar-refractivity contribution in [1.82, 2.24) is 5.32 Å². The van der Waals surface area contributed by atoms with Gasteiger partial charge in [-0.2, -0.15) is 0 Å². The molecule has 3 heteroatoms. The van der Waals surface area contributed by atoms with Gasteiger partial charge < -0.3 is 5.32 Å². The van der Waals surface area contributed by atoms with Gasteiger partial charge in [-0.25, -0.2) is 0 Å². The highest BCUT2D eigenvalue weighted by molar-refractivity contribution is 14.1. The second-order valence-electron chi connectivity index (χ2n) is 3.15. The molecule has 76 valence electrons. The van der Waals surface area contributed by atoms with E-state index < -0.39 is 0 Å². The van der Waals surface area contributed by atoms with Crippen molar-refractivity contribution < 1.29 is 4.79 Å². The summed E-state index contributed by atoms with van der Waals surface area (Å²) < 4.78 is 1.25. The first-order valence-corrected chi connectivity index (χ1v) is 5.75. The normalized spacial score (nSPS) is 9.86. The SMILES string of the molecule is CNC(=O)CCCc1ccc(I)cc1. The van der Waals surface area contributed by atoms with Gasteiger partial charge in [-0.3, -0.25) is 4.79 Å². The number of benzene rings is 1. The average Bonchev–Trinajstić information content (AvgIpc) is 2.21. The van der Waals surface area contributed by atoms with Crippen LogP contribution in [0.3, 0.4) is 0 Å². The number of carbonyl (C=O) groups is 1. The molecule has 0 radical (unpaired) electrons. The fraction of sp³-hybridized carbons (Fsp3) is 0.364. The highest BCUT2D eigenvalue weighted by atomic mass is 127. The summed E-state index contributed by atoms with van der Waals surface area (Å²) in [5, 5.41) is 2.62. The summed E-state index contributed by atoms with van der Waals surface area (Å²) in [5.41, 5.74) is 1.30. The summed E-state index contributed by atoms with van der Waals surface area (Å²) in [6.07, 6.45) is 2.51. The maximum Gasteiger partial charge on any atom is 0.219 e. The highest BCUT2D eigenvalue weighted by Gasteiger charge is 1.98. The molecule has 1 amide bonds. The highest BCUT2D eigenvalue weighted by Crippen LogP contribution is 2.09.